The summed E-state index contributed by atoms with van der Waals surface area (Å²) in [5.74, 6) is 1.02. The predicted molar refractivity (Wildman–Crippen MR) is 99.2 cm³/mol. The van der Waals surface area contributed by atoms with E-state index in [1.165, 1.54) is 0 Å². The number of likely N-dealkylation sites (N-methyl/N-ethyl adjacent to an activating group) is 1. The molecule has 0 radical (unpaired) electrons. The van der Waals surface area contributed by atoms with Crippen LogP contribution in [0.15, 0.2) is 36.8 Å². The van der Waals surface area contributed by atoms with Gasteiger partial charge < -0.3 is 14.4 Å². The number of ether oxygens (including phenoxy) is 2. The normalized spacial score (nSPS) is 16.4. The summed E-state index contributed by atoms with van der Waals surface area (Å²) in [5.41, 5.74) is 2.30. The molecule has 26 heavy (non-hydrogen) atoms. The lowest BCUT2D eigenvalue weighted by molar-refractivity contribution is 0.0281. The molecule has 6 heteroatoms. The Morgan fingerprint density at radius 1 is 1.35 bits per heavy atom. The average molecular weight is 355 g/mol. The van der Waals surface area contributed by atoms with Gasteiger partial charge in [0.25, 0.3) is 0 Å². The van der Waals surface area contributed by atoms with E-state index in [0.717, 1.165) is 29.0 Å². The zero-order valence-electron chi connectivity index (χ0n) is 15.7. The van der Waals surface area contributed by atoms with Crippen molar-refractivity contribution in [2.24, 2.45) is 0 Å². The second-order valence-electron chi connectivity index (χ2n) is 7.51. The third-order valence-corrected chi connectivity index (χ3v) is 4.24. The van der Waals surface area contributed by atoms with Crippen molar-refractivity contribution >= 4 is 6.09 Å². The van der Waals surface area contributed by atoms with Crippen LogP contribution in [0.4, 0.5) is 4.79 Å². The standard InChI is InChI=1S/C20H25N3O3/c1-20(2,3)26-19(24)23(4)13-14-8-11-25-18-15(14)6-5-7-16(18)17-12-21-9-10-22-17/h5-7,9-10,12,14H,8,11,13H2,1-4H3/t14-/m0/s1. The molecule has 0 N–H and O–H groups in total. The third-order valence-electron chi connectivity index (χ3n) is 4.24. The summed E-state index contributed by atoms with van der Waals surface area (Å²) < 4.78 is 11.4. The maximum atomic E-state index is 12.3. The van der Waals surface area contributed by atoms with Crippen LogP contribution in [0.25, 0.3) is 11.3 Å². The predicted octanol–water partition coefficient (Wildman–Crippen LogP) is 3.88. The van der Waals surface area contributed by atoms with Gasteiger partial charge in [-0.15, -0.1) is 0 Å². The van der Waals surface area contributed by atoms with Crippen LogP contribution in [0.2, 0.25) is 0 Å². The lowest BCUT2D eigenvalue weighted by Gasteiger charge is -2.31. The fraction of sp³-hybridized carbons (Fsp3) is 0.450. The van der Waals surface area contributed by atoms with E-state index in [2.05, 4.69) is 16.0 Å². The number of carbonyl (C=O) groups excluding carboxylic acids is 1. The van der Waals surface area contributed by atoms with Gasteiger partial charge in [0, 0.05) is 37.5 Å². The van der Waals surface area contributed by atoms with Crippen LogP contribution in [0.5, 0.6) is 5.75 Å². The highest BCUT2D eigenvalue weighted by Gasteiger charge is 2.28. The van der Waals surface area contributed by atoms with Crippen LogP contribution >= 0.6 is 0 Å². The Hall–Kier alpha value is -2.63. The topological polar surface area (TPSA) is 64.5 Å². The number of para-hydroxylation sites is 1. The molecule has 0 fully saturated rings. The molecule has 138 valence electrons. The van der Waals surface area contributed by atoms with Crippen LogP contribution in [0, 0.1) is 0 Å². The Morgan fingerprint density at radius 3 is 2.85 bits per heavy atom. The zero-order chi connectivity index (χ0) is 18.7. The second-order valence-corrected chi connectivity index (χ2v) is 7.51. The van der Waals surface area contributed by atoms with Crippen molar-refractivity contribution < 1.29 is 14.3 Å². The molecular weight excluding hydrogens is 330 g/mol. The molecular formula is C20H25N3O3. The highest BCUT2D eigenvalue weighted by Crippen LogP contribution is 2.40. The van der Waals surface area contributed by atoms with Crippen molar-refractivity contribution in [2.75, 3.05) is 20.2 Å². The number of hydrogen-bond acceptors (Lipinski definition) is 5. The Balaban J connectivity index is 1.83. The molecule has 1 amide bonds. The smallest absolute Gasteiger partial charge is 0.410 e. The maximum Gasteiger partial charge on any atom is 0.410 e. The Bertz CT molecular complexity index is 772. The SMILES string of the molecule is CN(C[C@@H]1CCOc2c(-c3cnccn3)cccc21)C(=O)OC(C)(C)C. The summed E-state index contributed by atoms with van der Waals surface area (Å²) in [6.45, 7) is 6.80. The number of fused-ring (bicyclic) bond motifs is 1. The summed E-state index contributed by atoms with van der Waals surface area (Å²) in [6.07, 6.45) is 5.60. The van der Waals surface area contributed by atoms with Gasteiger partial charge in [-0.2, -0.15) is 0 Å². The molecule has 0 bridgehead atoms. The van der Waals surface area contributed by atoms with E-state index in [4.69, 9.17) is 9.47 Å². The first-order valence-corrected chi connectivity index (χ1v) is 8.81. The Kier molecular flexibility index (Phi) is 5.11. The number of rotatable bonds is 3. The summed E-state index contributed by atoms with van der Waals surface area (Å²) in [5, 5.41) is 0. The van der Waals surface area contributed by atoms with Gasteiger partial charge in [0.1, 0.15) is 11.4 Å². The minimum absolute atomic E-state index is 0.188. The molecule has 0 saturated carbocycles. The van der Waals surface area contributed by atoms with E-state index in [9.17, 15) is 4.79 Å². The lowest BCUT2D eigenvalue weighted by Crippen LogP contribution is -2.37. The van der Waals surface area contributed by atoms with Crippen LogP contribution in [0.3, 0.4) is 0 Å². The van der Waals surface area contributed by atoms with Gasteiger partial charge in [0.05, 0.1) is 18.5 Å². The minimum atomic E-state index is -0.502. The number of nitrogens with zero attached hydrogens (tertiary/aromatic N) is 3. The molecule has 1 aliphatic rings. The second kappa shape index (κ2) is 7.32. The van der Waals surface area contributed by atoms with Crippen LogP contribution in [-0.4, -0.2) is 46.8 Å². The van der Waals surface area contributed by atoms with Gasteiger partial charge in [0.15, 0.2) is 0 Å². The fourth-order valence-corrected chi connectivity index (χ4v) is 3.07. The molecule has 0 spiro atoms. The highest BCUT2D eigenvalue weighted by atomic mass is 16.6. The average Bonchev–Trinajstić information content (AvgIpc) is 2.61. The Morgan fingerprint density at radius 2 is 2.15 bits per heavy atom. The van der Waals surface area contributed by atoms with Crippen molar-refractivity contribution in [3.8, 4) is 17.0 Å². The van der Waals surface area contributed by atoms with Crippen molar-refractivity contribution in [1.29, 1.82) is 0 Å². The molecule has 2 heterocycles. The zero-order valence-corrected chi connectivity index (χ0v) is 15.7. The summed E-state index contributed by atoms with van der Waals surface area (Å²) in [4.78, 5) is 22.5. The van der Waals surface area contributed by atoms with Gasteiger partial charge in [0.2, 0.25) is 0 Å². The largest absolute Gasteiger partial charge is 0.493 e. The molecule has 1 aromatic heterocycles. The van der Waals surface area contributed by atoms with E-state index in [0.29, 0.717) is 13.2 Å². The number of hydrogen-bond donors (Lipinski definition) is 0. The van der Waals surface area contributed by atoms with E-state index >= 15 is 0 Å². The lowest BCUT2D eigenvalue weighted by atomic mass is 9.90. The van der Waals surface area contributed by atoms with Gasteiger partial charge in [-0.3, -0.25) is 9.97 Å². The summed E-state index contributed by atoms with van der Waals surface area (Å²) in [7, 11) is 1.77. The molecule has 1 aromatic carbocycles. The van der Waals surface area contributed by atoms with E-state index in [-0.39, 0.29) is 12.0 Å². The van der Waals surface area contributed by atoms with Crippen molar-refractivity contribution in [3.63, 3.8) is 0 Å². The fourth-order valence-electron chi connectivity index (χ4n) is 3.07. The third kappa shape index (κ3) is 4.12. The van der Waals surface area contributed by atoms with E-state index in [1.54, 1.807) is 30.5 Å². The monoisotopic (exact) mass is 355 g/mol. The van der Waals surface area contributed by atoms with Crippen LogP contribution < -0.4 is 4.74 Å². The first-order chi connectivity index (χ1) is 12.3. The molecule has 0 unspecified atom stereocenters. The molecule has 1 atom stereocenters. The molecule has 0 saturated heterocycles. The van der Waals surface area contributed by atoms with Crippen LogP contribution in [-0.2, 0) is 4.74 Å². The summed E-state index contributed by atoms with van der Waals surface area (Å²) in [6, 6.07) is 6.04. The number of benzene rings is 1. The van der Waals surface area contributed by atoms with Crippen molar-refractivity contribution in [1.82, 2.24) is 14.9 Å². The number of aromatic nitrogens is 2. The van der Waals surface area contributed by atoms with Gasteiger partial charge in [-0.1, -0.05) is 12.1 Å². The number of carbonyl (C=O) groups is 1. The Labute approximate surface area is 154 Å². The van der Waals surface area contributed by atoms with Gasteiger partial charge in [-0.25, -0.2) is 4.79 Å². The molecule has 1 aliphatic heterocycles. The molecule has 2 aromatic rings. The van der Waals surface area contributed by atoms with Crippen molar-refractivity contribution in [2.45, 2.75) is 38.7 Å². The summed E-state index contributed by atoms with van der Waals surface area (Å²) >= 11 is 0. The van der Waals surface area contributed by atoms with Gasteiger partial charge in [-0.05, 0) is 38.8 Å². The van der Waals surface area contributed by atoms with Crippen LogP contribution in [0.1, 0.15) is 38.7 Å². The van der Waals surface area contributed by atoms with E-state index in [1.807, 2.05) is 32.9 Å². The number of amides is 1. The van der Waals surface area contributed by atoms with E-state index < -0.39 is 5.60 Å². The maximum absolute atomic E-state index is 12.3. The first kappa shape index (κ1) is 18.2. The molecule has 3 rings (SSSR count). The van der Waals surface area contributed by atoms with Gasteiger partial charge >= 0.3 is 6.09 Å². The van der Waals surface area contributed by atoms with Crippen molar-refractivity contribution in [3.05, 3.63) is 42.4 Å². The minimum Gasteiger partial charge on any atom is -0.493 e. The first-order valence-electron chi connectivity index (χ1n) is 8.81. The highest BCUT2D eigenvalue weighted by molar-refractivity contribution is 5.70. The quantitative estimate of drug-likeness (QED) is 0.836. The molecule has 0 aliphatic carbocycles. The molecule has 6 nitrogen and oxygen atoms in total.